The Labute approximate surface area is 107 Å². The molecule has 6 heteroatoms. The van der Waals surface area contributed by atoms with Gasteiger partial charge in [-0.05, 0) is 12.8 Å². The standard InChI is InChI=1S/C12H22N2O4/c1-9(12(16)17)7-14(10-3-4-10)8-11(15)13-5-6-18-2/h9-10H,3-8H2,1-2H3,(H,13,15)(H,16,17). The van der Waals surface area contributed by atoms with Crippen LogP contribution in [0.1, 0.15) is 19.8 Å². The molecule has 18 heavy (non-hydrogen) atoms. The number of carbonyl (C=O) groups excluding carboxylic acids is 1. The Hall–Kier alpha value is -1.14. The Kier molecular flexibility index (Phi) is 6.07. The maximum Gasteiger partial charge on any atom is 0.307 e. The highest BCUT2D eigenvalue weighted by molar-refractivity contribution is 5.78. The van der Waals surface area contributed by atoms with E-state index in [1.165, 1.54) is 0 Å². The zero-order valence-corrected chi connectivity index (χ0v) is 11.0. The van der Waals surface area contributed by atoms with Gasteiger partial charge in [-0.3, -0.25) is 14.5 Å². The Morgan fingerprint density at radius 1 is 1.50 bits per heavy atom. The predicted octanol–water partition coefficient (Wildman–Crippen LogP) is -0.0659. The summed E-state index contributed by atoms with van der Waals surface area (Å²) < 4.78 is 4.85. The summed E-state index contributed by atoms with van der Waals surface area (Å²) in [5.41, 5.74) is 0. The van der Waals surface area contributed by atoms with Crippen molar-refractivity contribution in [3.05, 3.63) is 0 Å². The van der Waals surface area contributed by atoms with Gasteiger partial charge in [-0.1, -0.05) is 6.92 Å². The summed E-state index contributed by atoms with van der Waals surface area (Å²) in [5.74, 6) is -1.34. The summed E-state index contributed by atoms with van der Waals surface area (Å²) in [6.07, 6.45) is 2.11. The van der Waals surface area contributed by atoms with Crippen LogP contribution in [0.25, 0.3) is 0 Å². The van der Waals surface area contributed by atoms with Gasteiger partial charge < -0.3 is 15.2 Å². The van der Waals surface area contributed by atoms with E-state index in [2.05, 4.69) is 5.32 Å². The smallest absolute Gasteiger partial charge is 0.307 e. The quantitative estimate of drug-likeness (QED) is 0.566. The molecule has 6 nitrogen and oxygen atoms in total. The number of ether oxygens (including phenoxy) is 1. The number of nitrogens with one attached hydrogen (secondary N) is 1. The predicted molar refractivity (Wildman–Crippen MR) is 66.3 cm³/mol. The number of aliphatic carboxylic acids is 1. The molecule has 0 saturated heterocycles. The molecule has 0 bridgehead atoms. The first-order chi connectivity index (χ1) is 8.54. The number of rotatable bonds is 9. The van der Waals surface area contributed by atoms with Crippen LogP contribution in [-0.2, 0) is 14.3 Å². The van der Waals surface area contributed by atoms with Crippen LogP contribution in [0.15, 0.2) is 0 Å². The van der Waals surface area contributed by atoms with E-state index < -0.39 is 11.9 Å². The minimum atomic E-state index is -0.819. The molecule has 1 amide bonds. The van der Waals surface area contributed by atoms with Crippen LogP contribution in [0.5, 0.6) is 0 Å². The molecular formula is C12H22N2O4. The number of hydrogen-bond acceptors (Lipinski definition) is 4. The molecule has 1 fully saturated rings. The second-order valence-corrected chi connectivity index (χ2v) is 4.74. The van der Waals surface area contributed by atoms with Gasteiger partial charge in [0.2, 0.25) is 5.91 Å². The number of nitrogens with zero attached hydrogens (tertiary/aromatic N) is 1. The zero-order valence-electron chi connectivity index (χ0n) is 11.0. The van der Waals surface area contributed by atoms with Crippen LogP contribution in [-0.4, -0.2) is 61.3 Å². The molecule has 0 aromatic carbocycles. The third kappa shape index (κ3) is 5.46. The fourth-order valence-electron chi connectivity index (χ4n) is 1.75. The average Bonchev–Trinajstić information content (AvgIpc) is 3.12. The first kappa shape index (κ1) is 14.9. The maximum atomic E-state index is 11.7. The van der Waals surface area contributed by atoms with Crippen LogP contribution in [0.3, 0.4) is 0 Å². The molecule has 1 rings (SSSR count). The number of carboxylic acid groups (broad SMARTS) is 1. The van der Waals surface area contributed by atoms with Crippen molar-refractivity contribution in [1.29, 1.82) is 0 Å². The van der Waals surface area contributed by atoms with Crippen molar-refractivity contribution >= 4 is 11.9 Å². The fourth-order valence-corrected chi connectivity index (χ4v) is 1.75. The second kappa shape index (κ2) is 7.33. The molecule has 0 aromatic heterocycles. The zero-order chi connectivity index (χ0) is 13.5. The number of amides is 1. The van der Waals surface area contributed by atoms with E-state index in [1.807, 2.05) is 4.90 Å². The highest BCUT2D eigenvalue weighted by atomic mass is 16.5. The van der Waals surface area contributed by atoms with Gasteiger partial charge in [0.25, 0.3) is 0 Å². The highest BCUT2D eigenvalue weighted by Gasteiger charge is 2.32. The molecule has 1 atom stereocenters. The first-order valence-electron chi connectivity index (χ1n) is 6.27. The molecule has 0 aromatic rings. The van der Waals surface area contributed by atoms with E-state index in [-0.39, 0.29) is 12.5 Å². The summed E-state index contributed by atoms with van der Waals surface area (Å²) in [6, 6.07) is 0.375. The van der Waals surface area contributed by atoms with Crippen molar-refractivity contribution in [3.8, 4) is 0 Å². The molecule has 1 unspecified atom stereocenters. The second-order valence-electron chi connectivity index (χ2n) is 4.74. The van der Waals surface area contributed by atoms with E-state index in [9.17, 15) is 9.59 Å². The van der Waals surface area contributed by atoms with Crippen molar-refractivity contribution in [2.24, 2.45) is 5.92 Å². The van der Waals surface area contributed by atoms with Crippen LogP contribution in [0.2, 0.25) is 0 Å². The molecule has 0 aliphatic heterocycles. The summed E-state index contributed by atoms with van der Waals surface area (Å²) >= 11 is 0. The molecule has 0 spiro atoms. The van der Waals surface area contributed by atoms with E-state index in [0.717, 1.165) is 12.8 Å². The molecule has 1 aliphatic rings. The number of methoxy groups -OCH3 is 1. The first-order valence-corrected chi connectivity index (χ1v) is 6.27. The Bertz CT molecular complexity index is 292. The Morgan fingerprint density at radius 3 is 2.67 bits per heavy atom. The van der Waals surface area contributed by atoms with Crippen molar-refractivity contribution < 1.29 is 19.4 Å². The lowest BCUT2D eigenvalue weighted by atomic mass is 10.1. The van der Waals surface area contributed by atoms with Crippen molar-refractivity contribution in [2.75, 3.05) is 33.4 Å². The molecule has 104 valence electrons. The lowest BCUT2D eigenvalue weighted by molar-refractivity contribution is -0.142. The van der Waals surface area contributed by atoms with Crippen LogP contribution in [0.4, 0.5) is 0 Å². The molecule has 1 saturated carbocycles. The molecular weight excluding hydrogens is 236 g/mol. The van der Waals surface area contributed by atoms with Gasteiger partial charge in [-0.2, -0.15) is 0 Å². The minimum absolute atomic E-state index is 0.0726. The summed E-state index contributed by atoms with van der Waals surface area (Å²) in [7, 11) is 1.58. The molecule has 2 N–H and O–H groups in total. The van der Waals surface area contributed by atoms with Gasteiger partial charge in [-0.25, -0.2) is 0 Å². The average molecular weight is 258 g/mol. The minimum Gasteiger partial charge on any atom is -0.481 e. The van der Waals surface area contributed by atoms with Crippen molar-refractivity contribution in [3.63, 3.8) is 0 Å². The van der Waals surface area contributed by atoms with Crippen LogP contribution < -0.4 is 5.32 Å². The topological polar surface area (TPSA) is 78.9 Å². The largest absolute Gasteiger partial charge is 0.481 e. The Morgan fingerprint density at radius 2 is 2.17 bits per heavy atom. The van der Waals surface area contributed by atoms with Gasteiger partial charge >= 0.3 is 5.97 Å². The van der Waals surface area contributed by atoms with Gasteiger partial charge in [-0.15, -0.1) is 0 Å². The monoisotopic (exact) mass is 258 g/mol. The summed E-state index contributed by atoms with van der Waals surface area (Å²) in [6.45, 7) is 3.34. The van der Waals surface area contributed by atoms with Gasteiger partial charge in [0.15, 0.2) is 0 Å². The van der Waals surface area contributed by atoms with Crippen molar-refractivity contribution in [2.45, 2.75) is 25.8 Å². The number of carbonyl (C=O) groups is 2. The van der Waals surface area contributed by atoms with E-state index >= 15 is 0 Å². The SMILES string of the molecule is COCCNC(=O)CN(CC(C)C(=O)O)C1CC1. The lowest BCUT2D eigenvalue weighted by Gasteiger charge is -2.23. The lowest BCUT2D eigenvalue weighted by Crippen LogP contribution is -2.42. The van der Waals surface area contributed by atoms with E-state index in [0.29, 0.717) is 25.7 Å². The number of carboxylic acids is 1. The molecule has 0 heterocycles. The summed E-state index contributed by atoms with van der Waals surface area (Å²) in [5, 5.41) is 11.6. The highest BCUT2D eigenvalue weighted by Crippen LogP contribution is 2.27. The van der Waals surface area contributed by atoms with Gasteiger partial charge in [0.1, 0.15) is 0 Å². The third-order valence-corrected chi connectivity index (χ3v) is 2.97. The Balaban J connectivity index is 2.33. The normalized spacial score (nSPS) is 16.6. The van der Waals surface area contributed by atoms with Gasteiger partial charge in [0.05, 0.1) is 19.1 Å². The molecule has 0 radical (unpaired) electrons. The van der Waals surface area contributed by atoms with Crippen molar-refractivity contribution in [1.82, 2.24) is 10.2 Å². The van der Waals surface area contributed by atoms with E-state index in [1.54, 1.807) is 14.0 Å². The van der Waals surface area contributed by atoms with Gasteiger partial charge in [0, 0.05) is 26.2 Å². The van der Waals surface area contributed by atoms with E-state index in [4.69, 9.17) is 9.84 Å². The maximum absolute atomic E-state index is 11.7. The number of hydrogen-bond donors (Lipinski definition) is 2. The fraction of sp³-hybridized carbons (Fsp3) is 0.833. The third-order valence-electron chi connectivity index (χ3n) is 2.97. The van der Waals surface area contributed by atoms with Crippen LogP contribution in [0, 0.1) is 5.92 Å². The van der Waals surface area contributed by atoms with Crippen LogP contribution >= 0.6 is 0 Å². The summed E-state index contributed by atoms with van der Waals surface area (Å²) in [4.78, 5) is 24.4. The molecule has 1 aliphatic carbocycles.